The number of nitrogens with two attached hydrogens (primary N) is 1. The van der Waals surface area contributed by atoms with E-state index in [1.807, 2.05) is 0 Å². The summed E-state index contributed by atoms with van der Waals surface area (Å²) >= 11 is 0. The average Bonchev–Trinajstić information content (AvgIpc) is 3.64. The number of halogens is 1. The standard InChI is InChI=1S/C26H33FN6O7S2/c1-25(20-13-17(6-8-21(20)27)30-23(34)22-9-7-18(39-3)14-29-22)26(42(37,38)32(2)24(28)31-25)10-11-33(16-26)41(35,36)15-19-5-4-12-40-19/h6-9,13-14,19H,4-5,10-12,15-16H2,1-3H3,(H2,28,31)(H,30,34)/t19?,25-,26-/m1/s1. The predicted molar refractivity (Wildman–Crippen MR) is 152 cm³/mol. The summed E-state index contributed by atoms with van der Waals surface area (Å²) in [5.74, 6) is -1.59. The molecule has 1 unspecified atom stereocenters. The van der Waals surface area contributed by atoms with Crippen LogP contribution < -0.4 is 15.8 Å². The minimum absolute atomic E-state index is 0.0661. The molecule has 3 aliphatic rings. The zero-order valence-corrected chi connectivity index (χ0v) is 25.0. The number of carbonyl (C=O) groups excluding carboxylic acids is 1. The molecule has 2 fully saturated rings. The summed E-state index contributed by atoms with van der Waals surface area (Å²) in [6, 6.07) is 6.71. The summed E-state index contributed by atoms with van der Waals surface area (Å²) in [6.45, 7) is 1.31. The lowest BCUT2D eigenvalue weighted by atomic mass is 9.78. The van der Waals surface area contributed by atoms with Crippen LogP contribution in [0.15, 0.2) is 41.5 Å². The number of anilines is 1. The highest BCUT2D eigenvalue weighted by molar-refractivity contribution is 7.91. The van der Waals surface area contributed by atoms with Gasteiger partial charge in [0.25, 0.3) is 5.91 Å². The minimum Gasteiger partial charge on any atom is -0.495 e. The predicted octanol–water partition coefficient (Wildman–Crippen LogP) is 1.24. The molecule has 1 aromatic heterocycles. The van der Waals surface area contributed by atoms with Crippen LogP contribution >= 0.6 is 0 Å². The largest absolute Gasteiger partial charge is 0.495 e. The minimum atomic E-state index is -4.36. The van der Waals surface area contributed by atoms with E-state index in [1.165, 1.54) is 45.5 Å². The number of benzene rings is 1. The van der Waals surface area contributed by atoms with Gasteiger partial charge in [-0.15, -0.1) is 0 Å². The van der Waals surface area contributed by atoms with Crippen molar-refractivity contribution >= 4 is 37.6 Å². The maximum atomic E-state index is 15.7. The smallest absolute Gasteiger partial charge is 0.274 e. The number of sulfonamides is 2. The highest BCUT2D eigenvalue weighted by Crippen LogP contribution is 2.52. The second-order valence-corrected chi connectivity index (χ2v) is 15.0. The summed E-state index contributed by atoms with van der Waals surface area (Å²) in [5, 5.41) is 2.64. The number of nitrogens with zero attached hydrogens (tertiary/aromatic N) is 4. The number of hydrogen-bond donors (Lipinski definition) is 2. The van der Waals surface area contributed by atoms with Gasteiger partial charge in [-0.3, -0.25) is 4.79 Å². The first-order valence-corrected chi connectivity index (χ1v) is 16.3. The molecule has 3 aliphatic heterocycles. The van der Waals surface area contributed by atoms with Crippen molar-refractivity contribution in [2.75, 3.05) is 44.9 Å². The monoisotopic (exact) mass is 624 g/mol. The summed E-state index contributed by atoms with van der Waals surface area (Å²) in [7, 11) is -5.59. The fraction of sp³-hybridized carbons (Fsp3) is 0.500. The van der Waals surface area contributed by atoms with Gasteiger partial charge < -0.3 is 20.5 Å². The number of aromatic nitrogens is 1. The van der Waals surface area contributed by atoms with Gasteiger partial charge in [-0.2, -0.15) is 0 Å². The van der Waals surface area contributed by atoms with Crippen LogP contribution in [0.25, 0.3) is 0 Å². The molecule has 0 saturated carbocycles. The Morgan fingerprint density at radius 3 is 2.71 bits per heavy atom. The van der Waals surface area contributed by atoms with Crippen LogP contribution in [0.4, 0.5) is 10.1 Å². The molecule has 42 heavy (non-hydrogen) atoms. The first kappa shape index (κ1) is 30.1. The first-order valence-electron chi connectivity index (χ1n) is 13.3. The van der Waals surface area contributed by atoms with Gasteiger partial charge in [0.1, 0.15) is 27.5 Å². The number of ether oxygens (including phenoxy) is 2. The number of aliphatic imine (C=N–C) groups is 1. The number of methoxy groups -OCH3 is 1. The van der Waals surface area contributed by atoms with Gasteiger partial charge >= 0.3 is 0 Å². The van der Waals surface area contributed by atoms with Crippen LogP contribution in [0, 0.1) is 5.82 Å². The molecule has 16 heteroatoms. The lowest BCUT2D eigenvalue weighted by Crippen LogP contribution is -2.66. The van der Waals surface area contributed by atoms with E-state index in [-0.39, 0.29) is 41.6 Å². The van der Waals surface area contributed by atoms with Crippen molar-refractivity contribution in [3.8, 4) is 5.75 Å². The van der Waals surface area contributed by atoms with Crippen LogP contribution in [-0.2, 0) is 30.3 Å². The normalized spacial score (nSPS) is 27.7. The molecule has 1 amide bonds. The van der Waals surface area contributed by atoms with Crippen LogP contribution in [0.3, 0.4) is 0 Å². The molecule has 0 aliphatic carbocycles. The molecule has 3 atom stereocenters. The van der Waals surface area contributed by atoms with E-state index in [0.717, 1.165) is 21.1 Å². The Labute approximate surface area is 244 Å². The third kappa shape index (κ3) is 4.89. The molecule has 3 N–H and O–H groups in total. The summed E-state index contributed by atoms with van der Waals surface area (Å²) < 4.78 is 81.1. The van der Waals surface area contributed by atoms with Crippen LogP contribution in [0.1, 0.15) is 42.2 Å². The van der Waals surface area contributed by atoms with E-state index in [2.05, 4.69) is 15.3 Å². The summed E-state index contributed by atoms with van der Waals surface area (Å²) in [4.78, 5) is 21.4. The van der Waals surface area contributed by atoms with Gasteiger partial charge in [0.2, 0.25) is 26.0 Å². The Balaban J connectivity index is 1.54. The number of guanidine groups is 1. The van der Waals surface area contributed by atoms with Gasteiger partial charge in [-0.25, -0.2) is 39.8 Å². The van der Waals surface area contributed by atoms with Crippen LogP contribution in [0.2, 0.25) is 0 Å². The molecular formula is C26H33FN6O7S2. The van der Waals surface area contributed by atoms with E-state index in [0.29, 0.717) is 18.8 Å². The molecule has 1 aromatic carbocycles. The third-order valence-corrected chi connectivity index (χ3v) is 12.9. The van der Waals surface area contributed by atoms with Crippen LogP contribution in [-0.4, -0.2) is 92.8 Å². The maximum absolute atomic E-state index is 15.7. The Hall–Kier alpha value is -3.34. The number of pyridine rings is 1. The Morgan fingerprint density at radius 2 is 2.07 bits per heavy atom. The fourth-order valence-electron chi connectivity index (χ4n) is 5.86. The highest BCUT2D eigenvalue weighted by atomic mass is 32.2. The second kappa shape index (κ2) is 10.7. The SMILES string of the molecule is COc1ccc(C(=O)Nc2ccc(F)c([C@@]3(C)N=C(N)N(C)S(=O)(=O)[C@@]34CCN(S(=O)(=O)CC3CCCO3)C4)c2)nc1. The van der Waals surface area contributed by atoms with Crippen molar-refractivity contribution in [1.82, 2.24) is 13.6 Å². The Bertz CT molecular complexity index is 1630. The summed E-state index contributed by atoms with van der Waals surface area (Å²) in [5.41, 5.74) is 4.24. The zero-order chi connectivity index (χ0) is 30.5. The van der Waals surface area contributed by atoms with Crippen molar-refractivity contribution < 1.29 is 35.5 Å². The van der Waals surface area contributed by atoms with Crippen LogP contribution in [0.5, 0.6) is 5.75 Å². The maximum Gasteiger partial charge on any atom is 0.274 e. The lowest BCUT2D eigenvalue weighted by molar-refractivity contribution is 0.102. The van der Waals surface area contributed by atoms with E-state index in [1.54, 1.807) is 6.07 Å². The topological polar surface area (TPSA) is 174 Å². The van der Waals surface area contributed by atoms with E-state index < -0.39 is 54.7 Å². The van der Waals surface area contributed by atoms with Crippen molar-refractivity contribution in [3.05, 3.63) is 53.6 Å². The molecule has 4 heterocycles. The van der Waals surface area contributed by atoms with Gasteiger partial charge in [0.05, 0.1) is 25.2 Å². The van der Waals surface area contributed by atoms with Gasteiger partial charge in [0.15, 0.2) is 0 Å². The zero-order valence-electron chi connectivity index (χ0n) is 23.4. The number of nitrogens with one attached hydrogen (secondary N) is 1. The second-order valence-electron chi connectivity index (χ2n) is 10.7. The average molecular weight is 625 g/mol. The van der Waals surface area contributed by atoms with E-state index in [9.17, 15) is 21.6 Å². The van der Waals surface area contributed by atoms with Crippen molar-refractivity contribution in [2.45, 2.75) is 42.6 Å². The third-order valence-electron chi connectivity index (χ3n) is 8.37. The molecule has 0 radical (unpaired) electrons. The van der Waals surface area contributed by atoms with Crippen molar-refractivity contribution in [1.29, 1.82) is 0 Å². The molecule has 2 aromatic rings. The molecule has 13 nitrogen and oxygen atoms in total. The highest BCUT2D eigenvalue weighted by Gasteiger charge is 2.67. The lowest BCUT2D eigenvalue weighted by Gasteiger charge is -2.48. The molecule has 2 saturated heterocycles. The molecule has 1 spiro atoms. The number of amides is 1. The molecular weight excluding hydrogens is 591 g/mol. The van der Waals surface area contributed by atoms with Crippen molar-refractivity contribution in [2.24, 2.45) is 10.7 Å². The summed E-state index contributed by atoms with van der Waals surface area (Å²) in [6.07, 6.45) is 2.07. The number of carbonyl (C=O) groups is 1. The van der Waals surface area contributed by atoms with Crippen molar-refractivity contribution in [3.63, 3.8) is 0 Å². The quantitative estimate of drug-likeness (QED) is 0.459. The number of hydrogen-bond acceptors (Lipinski definition) is 10. The Kier molecular flexibility index (Phi) is 7.70. The number of rotatable bonds is 7. The molecule has 0 bridgehead atoms. The molecule has 5 rings (SSSR count). The molecule has 228 valence electrons. The fourth-order valence-corrected chi connectivity index (χ4v) is 9.81. The van der Waals surface area contributed by atoms with Gasteiger partial charge in [-0.05, 0) is 56.5 Å². The van der Waals surface area contributed by atoms with E-state index in [4.69, 9.17) is 15.2 Å². The van der Waals surface area contributed by atoms with Gasteiger partial charge in [0, 0.05) is 38.0 Å². The van der Waals surface area contributed by atoms with Gasteiger partial charge in [-0.1, -0.05) is 0 Å². The first-order chi connectivity index (χ1) is 19.7. The Morgan fingerprint density at radius 1 is 1.31 bits per heavy atom. The van der Waals surface area contributed by atoms with E-state index >= 15 is 4.39 Å².